The number of aromatic nitrogens is 2. The van der Waals surface area contributed by atoms with Crippen LogP contribution in [0.5, 0.6) is 0 Å². The molecule has 0 unspecified atom stereocenters. The molecule has 1 aromatic rings. The third-order valence-corrected chi connectivity index (χ3v) is 1.34. The Kier molecular flexibility index (Phi) is 2.23. The minimum Gasteiger partial charge on any atom is -0.354 e. The Hall–Kier alpha value is -1.65. The second-order valence-corrected chi connectivity index (χ2v) is 2.33. The summed E-state index contributed by atoms with van der Waals surface area (Å²) < 4.78 is 0. The number of carbonyl (C=O) groups is 1. The van der Waals surface area contributed by atoms with E-state index in [9.17, 15) is 9.59 Å². The largest absolute Gasteiger partial charge is 0.354 e. The number of aryl methyl sites for hydroxylation is 1. The molecule has 0 aromatic carbocycles. The first kappa shape index (κ1) is 8.45. The van der Waals surface area contributed by atoms with Crippen LogP contribution in [0.25, 0.3) is 0 Å². The fraction of sp³-hybridized carbons (Fsp3) is 0.286. The molecule has 0 aliphatic rings. The smallest absolute Gasteiger partial charge is 0.345 e. The maximum atomic E-state index is 11.0. The Labute approximate surface area is 68.8 Å². The van der Waals surface area contributed by atoms with Crippen molar-refractivity contribution >= 4 is 5.91 Å². The van der Waals surface area contributed by atoms with E-state index in [4.69, 9.17) is 0 Å². The van der Waals surface area contributed by atoms with Crippen molar-refractivity contribution in [2.45, 2.75) is 6.92 Å². The fourth-order valence-corrected chi connectivity index (χ4v) is 0.824. The van der Waals surface area contributed by atoms with E-state index in [1.165, 1.54) is 13.1 Å². The van der Waals surface area contributed by atoms with Crippen LogP contribution < -0.4 is 11.0 Å². The molecular weight excluding hydrogens is 158 g/mol. The number of hydrogen-bond acceptors (Lipinski definition) is 3. The summed E-state index contributed by atoms with van der Waals surface area (Å²) in [6.45, 7) is 1.69. The zero-order valence-corrected chi connectivity index (χ0v) is 6.84. The topological polar surface area (TPSA) is 74.8 Å². The highest BCUT2D eigenvalue weighted by Crippen LogP contribution is 1.92. The van der Waals surface area contributed by atoms with Gasteiger partial charge in [-0.25, -0.2) is 4.79 Å². The Balaban J connectivity index is 3.17. The number of nitrogens with zero attached hydrogens (tertiary/aromatic N) is 1. The molecule has 0 aliphatic carbocycles. The Morgan fingerprint density at radius 3 is 2.83 bits per heavy atom. The predicted molar refractivity (Wildman–Crippen MR) is 43.0 cm³/mol. The number of nitrogens with one attached hydrogen (secondary N) is 2. The van der Waals surface area contributed by atoms with Crippen LogP contribution in [0.4, 0.5) is 0 Å². The summed E-state index contributed by atoms with van der Waals surface area (Å²) in [4.78, 5) is 27.7. The van der Waals surface area contributed by atoms with Gasteiger partial charge in [0, 0.05) is 12.7 Å². The average Bonchev–Trinajstić information content (AvgIpc) is 2.01. The van der Waals surface area contributed by atoms with Crippen molar-refractivity contribution in [1.29, 1.82) is 0 Å². The van der Waals surface area contributed by atoms with Gasteiger partial charge in [-0.3, -0.25) is 4.79 Å². The molecule has 5 heteroatoms. The van der Waals surface area contributed by atoms with E-state index >= 15 is 0 Å². The van der Waals surface area contributed by atoms with E-state index < -0.39 is 5.69 Å². The monoisotopic (exact) mass is 167 g/mol. The highest BCUT2D eigenvalue weighted by Gasteiger charge is 2.05. The normalized spacial score (nSPS) is 9.50. The molecule has 0 radical (unpaired) electrons. The van der Waals surface area contributed by atoms with Crippen LogP contribution >= 0.6 is 0 Å². The summed E-state index contributed by atoms with van der Waals surface area (Å²) >= 11 is 0. The molecule has 0 spiro atoms. The molecule has 0 saturated heterocycles. The van der Waals surface area contributed by atoms with Gasteiger partial charge in [-0.2, -0.15) is 4.98 Å². The van der Waals surface area contributed by atoms with Gasteiger partial charge in [0.25, 0.3) is 5.91 Å². The molecule has 0 saturated carbocycles. The molecule has 1 heterocycles. The van der Waals surface area contributed by atoms with Crippen LogP contribution in [0.2, 0.25) is 0 Å². The molecule has 12 heavy (non-hydrogen) atoms. The van der Waals surface area contributed by atoms with Gasteiger partial charge < -0.3 is 10.3 Å². The van der Waals surface area contributed by atoms with Gasteiger partial charge in [-0.1, -0.05) is 0 Å². The lowest BCUT2D eigenvalue weighted by molar-refractivity contribution is 0.0957. The lowest BCUT2D eigenvalue weighted by Gasteiger charge is -1.97. The SMILES string of the molecule is CNC(=O)c1cc(C)[nH]c(=O)n1. The summed E-state index contributed by atoms with van der Waals surface area (Å²) in [5.41, 5.74) is 0.251. The quantitative estimate of drug-likeness (QED) is 0.588. The van der Waals surface area contributed by atoms with Crippen molar-refractivity contribution in [2.75, 3.05) is 7.05 Å². The van der Waals surface area contributed by atoms with Crippen molar-refractivity contribution in [2.24, 2.45) is 0 Å². The molecule has 64 valence electrons. The number of carbonyl (C=O) groups excluding carboxylic acids is 1. The Bertz CT molecular complexity index is 356. The van der Waals surface area contributed by atoms with Gasteiger partial charge >= 0.3 is 5.69 Å². The van der Waals surface area contributed by atoms with Crippen LogP contribution in [0.15, 0.2) is 10.9 Å². The summed E-state index contributed by atoms with van der Waals surface area (Å²) in [5, 5.41) is 2.38. The molecule has 2 N–H and O–H groups in total. The van der Waals surface area contributed by atoms with Crippen LogP contribution in [0.3, 0.4) is 0 Å². The van der Waals surface area contributed by atoms with Crippen molar-refractivity contribution in [3.63, 3.8) is 0 Å². The van der Waals surface area contributed by atoms with Crippen molar-refractivity contribution in [1.82, 2.24) is 15.3 Å². The van der Waals surface area contributed by atoms with E-state index in [0.717, 1.165) is 0 Å². The lowest BCUT2D eigenvalue weighted by atomic mass is 10.3. The summed E-state index contributed by atoms with van der Waals surface area (Å²) in [6.07, 6.45) is 0. The zero-order chi connectivity index (χ0) is 9.14. The zero-order valence-electron chi connectivity index (χ0n) is 6.84. The van der Waals surface area contributed by atoms with Crippen LogP contribution in [0.1, 0.15) is 16.2 Å². The van der Waals surface area contributed by atoms with Gasteiger partial charge in [0.15, 0.2) is 0 Å². The standard InChI is InChI=1S/C7H9N3O2/c1-4-3-5(6(11)8-2)10-7(12)9-4/h3H,1-2H3,(H,8,11)(H,9,10,12). The predicted octanol–water partition coefficient (Wildman–Crippen LogP) is -0.562. The van der Waals surface area contributed by atoms with Crippen molar-refractivity contribution in [3.05, 3.63) is 27.9 Å². The molecule has 5 nitrogen and oxygen atoms in total. The van der Waals surface area contributed by atoms with Crippen LogP contribution in [-0.2, 0) is 0 Å². The summed E-state index contributed by atoms with van der Waals surface area (Å²) in [7, 11) is 1.49. The van der Waals surface area contributed by atoms with Gasteiger partial charge in [0.1, 0.15) is 5.69 Å². The highest BCUT2D eigenvalue weighted by atomic mass is 16.2. The number of rotatable bonds is 1. The molecule has 0 bridgehead atoms. The molecule has 1 amide bonds. The minimum absolute atomic E-state index is 0.138. The number of aromatic amines is 1. The minimum atomic E-state index is -0.506. The van der Waals surface area contributed by atoms with E-state index in [2.05, 4.69) is 15.3 Å². The first-order chi connectivity index (χ1) is 5.63. The van der Waals surface area contributed by atoms with Gasteiger partial charge in [-0.05, 0) is 13.0 Å². The molecular formula is C7H9N3O2. The molecule has 1 rings (SSSR count). The molecule has 0 atom stereocenters. The van der Waals surface area contributed by atoms with E-state index in [-0.39, 0.29) is 11.6 Å². The van der Waals surface area contributed by atoms with E-state index in [0.29, 0.717) is 5.69 Å². The third-order valence-electron chi connectivity index (χ3n) is 1.34. The second-order valence-electron chi connectivity index (χ2n) is 2.33. The first-order valence-electron chi connectivity index (χ1n) is 3.43. The van der Waals surface area contributed by atoms with Gasteiger partial charge in [0.05, 0.1) is 0 Å². The van der Waals surface area contributed by atoms with Crippen molar-refractivity contribution in [3.8, 4) is 0 Å². The van der Waals surface area contributed by atoms with Crippen molar-refractivity contribution < 1.29 is 4.79 Å². The first-order valence-corrected chi connectivity index (χ1v) is 3.43. The fourth-order valence-electron chi connectivity index (χ4n) is 0.824. The van der Waals surface area contributed by atoms with Gasteiger partial charge in [-0.15, -0.1) is 0 Å². The van der Waals surface area contributed by atoms with Gasteiger partial charge in [0.2, 0.25) is 0 Å². The van der Waals surface area contributed by atoms with E-state index in [1.54, 1.807) is 6.92 Å². The lowest BCUT2D eigenvalue weighted by Crippen LogP contribution is -2.24. The van der Waals surface area contributed by atoms with Crippen LogP contribution in [-0.4, -0.2) is 22.9 Å². The second kappa shape index (κ2) is 3.17. The molecule has 1 aromatic heterocycles. The third kappa shape index (κ3) is 1.69. The Morgan fingerprint density at radius 2 is 2.33 bits per heavy atom. The number of amides is 1. The van der Waals surface area contributed by atoms with Crippen LogP contribution in [0, 0.1) is 6.92 Å². The number of H-pyrrole nitrogens is 1. The molecule has 0 aliphatic heterocycles. The number of hydrogen-bond donors (Lipinski definition) is 2. The summed E-state index contributed by atoms with van der Waals surface area (Å²) in [5.74, 6) is -0.357. The average molecular weight is 167 g/mol. The summed E-state index contributed by atoms with van der Waals surface area (Å²) in [6, 6.07) is 1.51. The maximum Gasteiger partial charge on any atom is 0.345 e. The van der Waals surface area contributed by atoms with E-state index in [1.807, 2.05) is 0 Å². The Morgan fingerprint density at radius 1 is 1.67 bits per heavy atom. The highest BCUT2D eigenvalue weighted by molar-refractivity contribution is 5.91. The molecule has 0 fully saturated rings. The maximum absolute atomic E-state index is 11.0.